The molecule has 0 spiro atoms. The van der Waals surface area contributed by atoms with E-state index in [0.29, 0.717) is 11.7 Å². The van der Waals surface area contributed by atoms with Gasteiger partial charge >= 0.3 is 0 Å². The Labute approximate surface area is 151 Å². The highest BCUT2D eigenvalue weighted by molar-refractivity contribution is 7.13. The van der Waals surface area contributed by atoms with E-state index in [1.54, 1.807) is 18.4 Å². The Morgan fingerprint density at radius 2 is 2.20 bits per heavy atom. The molecule has 7 nitrogen and oxygen atoms in total. The Morgan fingerprint density at radius 3 is 2.88 bits per heavy atom. The van der Waals surface area contributed by atoms with Crippen LogP contribution in [0.2, 0.25) is 0 Å². The third kappa shape index (κ3) is 4.40. The number of thiazole rings is 1. The van der Waals surface area contributed by atoms with Gasteiger partial charge in [-0.25, -0.2) is 4.98 Å². The number of nitrogens with zero attached hydrogens (tertiary/aromatic N) is 4. The highest BCUT2D eigenvalue weighted by atomic mass is 32.1. The smallest absolute Gasteiger partial charge is 0.191 e. The van der Waals surface area contributed by atoms with Crippen LogP contribution in [0, 0.1) is 0 Å². The Hall–Kier alpha value is -2.32. The first-order chi connectivity index (χ1) is 12.2. The van der Waals surface area contributed by atoms with Crippen LogP contribution in [0.3, 0.4) is 0 Å². The maximum absolute atomic E-state index is 10.3. The quantitative estimate of drug-likeness (QED) is 0.617. The zero-order valence-electron chi connectivity index (χ0n) is 14.2. The van der Waals surface area contributed by atoms with Crippen LogP contribution >= 0.6 is 11.3 Å². The average molecular weight is 361 g/mol. The molecule has 2 aromatic rings. The fraction of sp³-hybridized carbons (Fsp3) is 0.412. The molecule has 1 aliphatic rings. The number of aliphatic hydroxyl groups is 1. The van der Waals surface area contributed by atoms with Gasteiger partial charge in [0.2, 0.25) is 0 Å². The normalized spacial score (nSPS) is 16.8. The number of benzene rings is 1. The summed E-state index contributed by atoms with van der Waals surface area (Å²) in [6, 6.07) is 7.35. The fourth-order valence-corrected chi connectivity index (χ4v) is 3.43. The number of hydrogen-bond donors (Lipinski definition) is 2. The number of piperazine rings is 1. The van der Waals surface area contributed by atoms with Gasteiger partial charge in [-0.15, -0.1) is 11.3 Å². The second-order valence-corrected chi connectivity index (χ2v) is 6.65. The lowest BCUT2D eigenvalue weighted by atomic mass is 10.1. The molecule has 0 bridgehead atoms. The minimum absolute atomic E-state index is 0.228. The lowest BCUT2D eigenvalue weighted by Crippen LogP contribution is -2.51. The van der Waals surface area contributed by atoms with Gasteiger partial charge in [0.1, 0.15) is 5.75 Å². The number of aliphatic hydroxyl groups excluding tert-OH is 1. The number of aliphatic imine (C=N–C) groups is 1. The summed E-state index contributed by atoms with van der Waals surface area (Å²) < 4.78 is 5.18. The number of rotatable bonds is 5. The minimum atomic E-state index is -0.703. The predicted molar refractivity (Wildman–Crippen MR) is 100 cm³/mol. The molecule has 1 aliphatic heterocycles. The average Bonchev–Trinajstić information content (AvgIpc) is 3.20. The van der Waals surface area contributed by atoms with E-state index in [9.17, 15) is 5.11 Å². The largest absolute Gasteiger partial charge is 0.497 e. The van der Waals surface area contributed by atoms with Crippen LogP contribution in [0.5, 0.6) is 5.75 Å². The Kier molecular flexibility index (Phi) is 5.72. The molecule has 3 N–H and O–H groups in total. The van der Waals surface area contributed by atoms with Crippen molar-refractivity contribution in [3.63, 3.8) is 0 Å². The molecule has 1 unspecified atom stereocenters. The molecular formula is C17H23N5O2S. The molecule has 1 aromatic heterocycles. The van der Waals surface area contributed by atoms with Gasteiger partial charge in [0, 0.05) is 37.8 Å². The SMILES string of the molecule is COc1cccc(C(O)CN=C(N)N2CCN(c3nccs3)CC2)c1. The number of hydrogen-bond acceptors (Lipinski definition) is 6. The van der Waals surface area contributed by atoms with Gasteiger partial charge in [-0.3, -0.25) is 4.99 Å². The second-order valence-electron chi connectivity index (χ2n) is 5.78. The highest BCUT2D eigenvalue weighted by Gasteiger charge is 2.20. The van der Waals surface area contributed by atoms with Crippen LogP contribution in [0.1, 0.15) is 11.7 Å². The van der Waals surface area contributed by atoms with Crippen molar-refractivity contribution < 1.29 is 9.84 Å². The molecule has 1 aromatic carbocycles. The van der Waals surface area contributed by atoms with Crippen LogP contribution in [0.4, 0.5) is 5.13 Å². The summed E-state index contributed by atoms with van der Waals surface area (Å²) >= 11 is 1.65. The zero-order valence-corrected chi connectivity index (χ0v) is 15.0. The molecule has 1 atom stereocenters. The van der Waals surface area contributed by atoms with Crippen LogP contribution in [-0.2, 0) is 0 Å². The van der Waals surface area contributed by atoms with Gasteiger partial charge in [-0.05, 0) is 17.7 Å². The van der Waals surface area contributed by atoms with Crippen LogP contribution < -0.4 is 15.4 Å². The second kappa shape index (κ2) is 8.17. The third-order valence-corrected chi connectivity index (χ3v) is 5.03. The van der Waals surface area contributed by atoms with E-state index in [0.717, 1.165) is 36.9 Å². The van der Waals surface area contributed by atoms with Crippen LogP contribution in [-0.4, -0.2) is 60.8 Å². The third-order valence-electron chi connectivity index (χ3n) is 4.20. The van der Waals surface area contributed by atoms with Crippen molar-refractivity contribution in [3.05, 3.63) is 41.4 Å². The summed E-state index contributed by atoms with van der Waals surface area (Å²) in [5, 5.41) is 13.3. The molecule has 0 saturated carbocycles. The molecule has 8 heteroatoms. The zero-order chi connectivity index (χ0) is 17.6. The van der Waals surface area contributed by atoms with Gasteiger partial charge in [0.25, 0.3) is 0 Å². The number of guanidine groups is 1. The number of anilines is 1. The summed E-state index contributed by atoms with van der Waals surface area (Å²) in [5.41, 5.74) is 6.87. The topological polar surface area (TPSA) is 87.2 Å². The maximum Gasteiger partial charge on any atom is 0.191 e. The van der Waals surface area contributed by atoms with Crippen molar-refractivity contribution in [2.24, 2.45) is 10.7 Å². The van der Waals surface area contributed by atoms with Crippen molar-refractivity contribution >= 4 is 22.4 Å². The Morgan fingerprint density at radius 1 is 1.40 bits per heavy atom. The molecule has 0 amide bonds. The van der Waals surface area contributed by atoms with Gasteiger partial charge in [-0.2, -0.15) is 0 Å². The van der Waals surface area contributed by atoms with Crippen molar-refractivity contribution in [1.29, 1.82) is 0 Å². The van der Waals surface area contributed by atoms with E-state index in [1.807, 2.05) is 40.7 Å². The van der Waals surface area contributed by atoms with E-state index >= 15 is 0 Å². The van der Waals surface area contributed by atoms with E-state index in [2.05, 4.69) is 14.9 Å². The number of methoxy groups -OCH3 is 1. The maximum atomic E-state index is 10.3. The molecule has 2 heterocycles. The molecule has 25 heavy (non-hydrogen) atoms. The summed E-state index contributed by atoms with van der Waals surface area (Å²) in [4.78, 5) is 13.0. The van der Waals surface area contributed by atoms with Gasteiger partial charge < -0.3 is 25.4 Å². The molecule has 1 saturated heterocycles. The monoisotopic (exact) mass is 361 g/mol. The van der Waals surface area contributed by atoms with Crippen LogP contribution in [0.15, 0.2) is 40.8 Å². The molecule has 0 aliphatic carbocycles. The van der Waals surface area contributed by atoms with Crippen LogP contribution in [0.25, 0.3) is 0 Å². The van der Waals surface area contributed by atoms with Crippen molar-refractivity contribution in [2.45, 2.75) is 6.10 Å². The standard InChI is InChI=1S/C17H23N5O2S/c1-24-14-4-2-3-13(11-14)15(23)12-20-16(18)21-6-8-22(9-7-21)17-19-5-10-25-17/h2-5,10-11,15,23H,6-9,12H2,1H3,(H2,18,20). The van der Waals surface area contributed by atoms with E-state index in [4.69, 9.17) is 10.5 Å². The lowest BCUT2D eigenvalue weighted by Gasteiger charge is -2.35. The predicted octanol–water partition coefficient (Wildman–Crippen LogP) is 1.32. The highest BCUT2D eigenvalue weighted by Crippen LogP contribution is 2.20. The first-order valence-corrected chi connectivity index (χ1v) is 9.06. The molecular weight excluding hydrogens is 338 g/mol. The van der Waals surface area contributed by atoms with E-state index < -0.39 is 6.10 Å². The molecule has 1 fully saturated rings. The van der Waals surface area contributed by atoms with E-state index in [1.165, 1.54) is 0 Å². The Bertz CT molecular complexity index is 699. The first-order valence-electron chi connectivity index (χ1n) is 8.18. The number of aromatic nitrogens is 1. The van der Waals surface area contributed by atoms with Gasteiger partial charge in [0.05, 0.1) is 19.8 Å². The number of nitrogens with two attached hydrogens (primary N) is 1. The van der Waals surface area contributed by atoms with Crippen molar-refractivity contribution in [3.8, 4) is 5.75 Å². The van der Waals surface area contributed by atoms with Crippen molar-refractivity contribution in [1.82, 2.24) is 9.88 Å². The van der Waals surface area contributed by atoms with Crippen molar-refractivity contribution in [2.75, 3.05) is 44.7 Å². The van der Waals surface area contributed by atoms with E-state index in [-0.39, 0.29) is 6.54 Å². The molecule has 0 radical (unpaired) electrons. The van der Waals surface area contributed by atoms with Gasteiger partial charge in [-0.1, -0.05) is 12.1 Å². The molecule has 3 rings (SSSR count). The summed E-state index contributed by atoms with van der Waals surface area (Å²) in [5.74, 6) is 1.19. The summed E-state index contributed by atoms with van der Waals surface area (Å²) in [6.07, 6.45) is 1.12. The van der Waals surface area contributed by atoms with Gasteiger partial charge in [0.15, 0.2) is 11.1 Å². The Balaban J connectivity index is 1.53. The fourth-order valence-electron chi connectivity index (χ4n) is 2.73. The first kappa shape index (κ1) is 17.5. The summed E-state index contributed by atoms with van der Waals surface area (Å²) in [6.45, 7) is 3.55. The minimum Gasteiger partial charge on any atom is -0.497 e. The molecule has 134 valence electrons. The number of ether oxygens (including phenoxy) is 1. The summed E-state index contributed by atoms with van der Waals surface area (Å²) in [7, 11) is 1.60. The lowest BCUT2D eigenvalue weighted by molar-refractivity contribution is 0.186.